The fourth-order valence-electron chi connectivity index (χ4n) is 4.66. The van der Waals surface area contributed by atoms with Crippen molar-refractivity contribution in [2.75, 3.05) is 0 Å². The van der Waals surface area contributed by atoms with E-state index < -0.39 is 0 Å². The third-order valence-electron chi connectivity index (χ3n) is 6.25. The maximum Gasteiger partial charge on any atom is 0.252 e. The molecule has 4 rings (SSSR count). The van der Waals surface area contributed by atoms with Crippen LogP contribution in [0.1, 0.15) is 84.9 Å². The molecule has 148 valence electrons. The van der Waals surface area contributed by atoms with Gasteiger partial charge in [0, 0.05) is 23.2 Å². The topological polar surface area (TPSA) is 58.2 Å². The second-order valence-corrected chi connectivity index (χ2v) is 8.36. The van der Waals surface area contributed by atoms with E-state index in [1.54, 1.807) is 6.07 Å². The first-order valence-corrected chi connectivity index (χ1v) is 10.9. The molecule has 0 saturated heterocycles. The van der Waals surface area contributed by atoms with Crippen LogP contribution in [0.4, 0.5) is 0 Å². The Balaban J connectivity index is 1.59. The Bertz CT molecular complexity index is 849. The summed E-state index contributed by atoms with van der Waals surface area (Å²) in [6.07, 6.45) is 11.4. The minimum atomic E-state index is -0.0654. The monoisotopic (exact) mass is 378 g/mol. The molecule has 0 aliphatic heterocycles. The van der Waals surface area contributed by atoms with Gasteiger partial charge in [-0.05, 0) is 48.6 Å². The van der Waals surface area contributed by atoms with Gasteiger partial charge in [0.1, 0.15) is 0 Å². The van der Waals surface area contributed by atoms with E-state index in [0.717, 1.165) is 36.5 Å². The number of amides is 2. The van der Waals surface area contributed by atoms with E-state index in [9.17, 15) is 9.59 Å². The van der Waals surface area contributed by atoms with Gasteiger partial charge in [-0.15, -0.1) is 0 Å². The molecule has 2 aromatic rings. The van der Waals surface area contributed by atoms with Crippen LogP contribution in [0.5, 0.6) is 0 Å². The zero-order chi connectivity index (χ0) is 19.3. The molecular weight excluding hydrogens is 348 g/mol. The third kappa shape index (κ3) is 4.37. The molecule has 2 aliphatic rings. The van der Waals surface area contributed by atoms with Gasteiger partial charge >= 0.3 is 0 Å². The Hall–Kier alpha value is -2.36. The largest absolute Gasteiger partial charge is 0.349 e. The Morgan fingerprint density at radius 1 is 0.714 bits per heavy atom. The van der Waals surface area contributed by atoms with Gasteiger partial charge in [-0.3, -0.25) is 9.59 Å². The Morgan fingerprint density at radius 3 is 1.93 bits per heavy atom. The van der Waals surface area contributed by atoms with Gasteiger partial charge in [0.2, 0.25) is 0 Å². The molecule has 0 radical (unpaired) electrons. The summed E-state index contributed by atoms with van der Waals surface area (Å²) in [5.41, 5.74) is 1.19. The zero-order valence-electron chi connectivity index (χ0n) is 16.5. The molecule has 28 heavy (non-hydrogen) atoms. The third-order valence-corrected chi connectivity index (χ3v) is 6.25. The molecule has 2 fully saturated rings. The Morgan fingerprint density at radius 2 is 1.29 bits per heavy atom. The number of carbonyl (C=O) groups is 2. The van der Waals surface area contributed by atoms with E-state index in [-0.39, 0.29) is 23.9 Å². The summed E-state index contributed by atoms with van der Waals surface area (Å²) in [6, 6.07) is 12.0. The number of nitrogens with one attached hydrogen (secondary N) is 2. The lowest BCUT2D eigenvalue weighted by Crippen LogP contribution is -2.37. The van der Waals surface area contributed by atoms with Crippen molar-refractivity contribution in [2.24, 2.45) is 0 Å². The molecule has 0 heterocycles. The summed E-state index contributed by atoms with van der Waals surface area (Å²) < 4.78 is 0. The highest BCUT2D eigenvalue weighted by Gasteiger charge is 2.21. The van der Waals surface area contributed by atoms with Crippen LogP contribution < -0.4 is 10.6 Å². The number of benzene rings is 2. The smallest absolute Gasteiger partial charge is 0.252 e. The lowest BCUT2D eigenvalue weighted by atomic mass is 9.94. The minimum absolute atomic E-state index is 0.0598. The number of carbonyl (C=O) groups excluding carboxylic acids is 2. The molecule has 0 bridgehead atoms. The minimum Gasteiger partial charge on any atom is -0.349 e. The zero-order valence-corrected chi connectivity index (χ0v) is 16.5. The van der Waals surface area contributed by atoms with E-state index >= 15 is 0 Å². The van der Waals surface area contributed by atoms with E-state index in [2.05, 4.69) is 10.6 Å². The number of hydrogen-bond acceptors (Lipinski definition) is 2. The summed E-state index contributed by atoms with van der Waals surface area (Å²) in [6.45, 7) is 0. The summed E-state index contributed by atoms with van der Waals surface area (Å²) in [5.74, 6) is -0.125. The Labute approximate surface area is 167 Å². The molecule has 2 N–H and O–H groups in total. The highest BCUT2D eigenvalue weighted by molar-refractivity contribution is 6.10. The first kappa shape index (κ1) is 19.0. The maximum absolute atomic E-state index is 13.0. The average molecular weight is 379 g/mol. The van der Waals surface area contributed by atoms with Crippen LogP contribution in [0.15, 0.2) is 36.4 Å². The highest BCUT2D eigenvalue weighted by Crippen LogP contribution is 2.24. The van der Waals surface area contributed by atoms with Crippen LogP contribution in [0.25, 0.3) is 10.8 Å². The van der Waals surface area contributed by atoms with Crippen molar-refractivity contribution in [3.05, 3.63) is 47.5 Å². The van der Waals surface area contributed by atoms with Gasteiger partial charge in [-0.25, -0.2) is 0 Å². The van der Waals surface area contributed by atoms with Gasteiger partial charge in [0.05, 0.1) is 0 Å². The molecule has 0 aromatic heterocycles. The van der Waals surface area contributed by atoms with Crippen molar-refractivity contribution in [3.8, 4) is 0 Å². The predicted molar refractivity (Wildman–Crippen MR) is 113 cm³/mol. The van der Waals surface area contributed by atoms with Crippen molar-refractivity contribution >= 4 is 22.6 Å². The van der Waals surface area contributed by atoms with Crippen LogP contribution in [-0.2, 0) is 0 Å². The predicted octanol–water partition coefficient (Wildman–Crippen LogP) is 4.96. The summed E-state index contributed by atoms with van der Waals surface area (Å²) in [7, 11) is 0. The lowest BCUT2D eigenvalue weighted by molar-refractivity contribution is 0.0927. The van der Waals surface area contributed by atoms with Gasteiger partial charge in [0.25, 0.3) is 11.8 Å². The molecule has 2 amide bonds. The van der Waals surface area contributed by atoms with Crippen LogP contribution >= 0.6 is 0 Å². The van der Waals surface area contributed by atoms with Crippen LogP contribution in [0.3, 0.4) is 0 Å². The fourth-order valence-corrected chi connectivity index (χ4v) is 4.66. The van der Waals surface area contributed by atoms with Crippen molar-refractivity contribution < 1.29 is 9.59 Å². The van der Waals surface area contributed by atoms with Gasteiger partial charge in [0.15, 0.2) is 0 Å². The van der Waals surface area contributed by atoms with Crippen LogP contribution in [0, 0.1) is 0 Å². The van der Waals surface area contributed by atoms with Crippen LogP contribution in [-0.4, -0.2) is 23.9 Å². The van der Waals surface area contributed by atoms with Crippen molar-refractivity contribution in [3.63, 3.8) is 0 Å². The molecule has 2 saturated carbocycles. The van der Waals surface area contributed by atoms with Crippen molar-refractivity contribution in [2.45, 2.75) is 76.3 Å². The maximum atomic E-state index is 13.0. The van der Waals surface area contributed by atoms with E-state index in [1.807, 2.05) is 30.3 Å². The van der Waals surface area contributed by atoms with Crippen molar-refractivity contribution in [1.29, 1.82) is 0 Å². The average Bonchev–Trinajstić information content (AvgIpc) is 2.74. The van der Waals surface area contributed by atoms with E-state index in [1.165, 1.54) is 38.5 Å². The molecule has 2 aliphatic carbocycles. The van der Waals surface area contributed by atoms with Gasteiger partial charge in [-0.2, -0.15) is 0 Å². The van der Waals surface area contributed by atoms with Gasteiger partial charge in [-0.1, -0.05) is 62.8 Å². The molecule has 0 unspecified atom stereocenters. The standard InChI is InChI=1S/C24H30N2O2/c27-23(25-19-10-3-1-4-11-19)18-15-17-9-7-8-14-21(17)22(16-18)24(28)26-20-12-5-2-6-13-20/h7-9,14-16,19-20H,1-6,10-13H2,(H,25,27)(H,26,28). The Kier molecular flexibility index (Phi) is 5.94. The lowest BCUT2D eigenvalue weighted by Gasteiger charge is -2.24. The fraction of sp³-hybridized carbons (Fsp3) is 0.500. The van der Waals surface area contributed by atoms with Crippen LogP contribution in [0.2, 0.25) is 0 Å². The normalized spacial score (nSPS) is 18.7. The second-order valence-electron chi connectivity index (χ2n) is 8.36. The first-order valence-electron chi connectivity index (χ1n) is 10.9. The SMILES string of the molecule is O=C(NC1CCCCC1)c1cc(C(=O)NC2CCCCC2)c2ccccc2c1. The van der Waals surface area contributed by atoms with Crippen molar-refractivity contribution in [1.82, 2.24) is 10.6 Å². The summed E-state index contributed by atoms with van der Waals surface area (Å²) in [5, 5.41) is 8.23. The molecule has 4 heteroatoms. The number of rotatable bonds is 4. The highest BCUT2D eigenvalue weighted by atomic mass is 16.2. The second kappa shape index (κ2) is 8.76. The molecule has 0 atom stereocenters. The molecule has 4 nitrogen and oxygen atoms in total. The quantitative estimate of drug-likeness (QED) is 0.789. The van der Waals surface area contributed by atoms with E-state index in [0.29, 0.717) is 11.1 Å². The summed E-state index contributed by atoms with van der Waals surface area (Å²) >= 11 is 0. The molecule has 0 spiro atoms. The number of fused-ring (bicyclic) bond motifs is 1. The number of hydrogen-bond donors (Lipinski definition) is 2. The van der Waals surface area contributed by atoms with Gasteiger partial charge < -0.3 is 10.6 Å². The first-order chi connectivity index (χ1) is 13.7. The molecular formula is C24H30N2O2. The molecule has 2 aromatic carbocycles. The van der Waals surface area contributed by atoms with E-state index in [4.69, 9.17) is 0 Å². The summed E-state index contributed by atoms with van der Waals surface area (Å²) in [4.78, 5) is 25.9.